The van der Waals surface area contributed by atoms with Crippen LogP contribution in [0.1, 0.15) is 48.7 Å². The van der Waals surface area contributed by atoms with Gasteiger partial charge in [-0.1, -0.05) is 19.1 Å². The number of carboxylic acids is 2. The highest BCUT2D eigenvalue weighted by atomic mass is 19.4. The molecule has 0 spiro atoms. The fraction of sp³-hybridized carbons (Fsp3) is 0.406. The van der Waals surface area contributed by atoms with E-state index in [0.717, 1.165) is 16.8 Å². The lowest BCUT2D eigenvalue weighted by Crippen LogP contribution is -2.40. The molecule has 14 nitrogen and oxygen atoms in total. The summed E-state index contributed by atoms with van der Waals surface area (Å²) in [5, 5.41) is 34.1. The van der Waals surface area contributed by atoms with Gasteiger partial charge in [0.25, 0.3) is 5.91 Å². The lowest BCUT2D eigenvalue weighted by Gasteiger charge is -2.20. The third kappa shape index (κ3) is 12.1. The first-order valence-corrected chi connectivity index (χ1v) is 15.4. The molecule has 20 heteroatoms. The zero-order chi connectivity index (χ0) is 39.4. The number of β-amino-alcohol motifs (C(OH)–C–C–N with tert-alkyl or cyclic N) is 1. The van der Waals surface area contributed by atoms with E-state index in [-0.39, 0.29) is 11.5 Å². The number of hydrogen-bond acceptors (Lipinski definition) is 10. The fourth-order valence-electron chi connectivity index (χ4n) is 4.75. The number of amides is 2. The summed E-state index contributed by atoms with van der Waals surface area (Å²) in [7, 11) is 0. The molecule has 1 saturated heterocycles. The summed E-state index contributed by atoms with van der Waals surface area (Å²) < 4.78 is 75.0. The van der Waals surface area contributed by atoms with Crippen molar-refractivity contribution in [3.63, 3.8) is 0 Å². The van der Waals surface area contributed by atoms with Crippen molar-refractivity contribution in [2.24, 2.45) is 5.73 Å². The number of anilines is 2. The van der Waals surface area contributed by atoms with E-state index in [2.05, 4.69) is 20.9 Å². The van der Waals surface area contributed by atoms with Gasteiger partial charge in [-0.25, -0.2) is 9.59 Å². The normalized spacial score (nSPS) is 15.3. The topological polar surface area (TPSA) is 222 Å². The van der Waals surface area contributed by atoms with Crippen LogP contribution in [-0.2, 0) is 27.3 Å². The Hall–Kier alpha value is -5.37. The van der Waals surface area contributed by atoms with E-state index in [1.807, 2.05) is 45.0 Å². The Morgan fingerprint density at radius 3 is 1.98 bits per heavy atom. The Labute approximate surface area is 292 Å². The predicted molar refractivity (Wildman–Crippen MR) is 173 cm³/mol. The Morgan fingerprint density at radius 2 is 1.52 bits per heavy atom. The molecule has 0 radical (unpaired) electrons. The van der Waals surface area contributed by atoms with Crippen LogP contribution in [0.2, 0.25) is 0 Å². The number of halogens is 6. The highest BCUT2D eigenvalue weighted by Crippen LogP contribution is 2.38. The van der Waals surface area contributed by atoms with E-state index >= 15 is 0 Å². The molecule has 1 aromatic heterocycles. The van der Waals surface area contributed by atoms with Crippen molar-refractivity contribution < 1.29 is 70.3 Å². The molecule has 2 heterocycles. The van der Waals surface area contributed by atoms with Gasteiger partial charge in [-0.05, 0) is 49.9 Å². The summed E-state index contributed by atoms with van der Waals surface area (Å²) in [5.41, 5.74) is 9.85. The first-order valence-electron chi connectivity index (χ1n) is 15.4. The summed E-state index contributed by atoms with van der Waals surface area (Å²) >= 11 is 0. The van der Waals surface area contributed by atoms with Gasteiger partial charge in [-0.15, -0.1) is 0 Å². The van der Waals surface area contributed by atoms with Crippen LogP contribution in [0, 0.1) is 0 Å². The molecule has 0 unspecified atom stereocenters. The smallest absolute Gasteiger partial charge is 0.490 e. The molecular weight excluding hydrogens is 712 g/mol. The van der Waals surface area contributed by atoms with Crippen molar-refractivity contribution in [3.8, 4) is 11.5 Å². The van der Waals surface area contributed by atoms with Crippen molar-refractivity contribution in [2.45, 2.75) is 64.7 Å². The molecule has 0 aliphatic carbocycles. The molecule has 2 amide bonds. The SMILES string of the molecule is CCOc1cc2ncc(C(N)=O)c(Nc3cccc(CNC(=O)[C@@H]4C[C@@H](O)CN4)c3CC)c2cc1OCC.O=C(O)C(F)(F)F.O=C(O)C(F)(F)F. The summed E-state index contributed by atoms with van der Waals surface area (Å²) in [6.07, 6.45) is -8.13. The number of rotatable bonds is 11. The van der Waals surface area contributed by atoms with Gasteiger partial charge in [0.15, 0.2) is 11.5 Å². The number of hydrogen-bond donors (Lipinski definition) is 7. The number of carbonyl (C=O) groups is 4. The minimum absolute atomic E-state index is 0.147. The van der Waals surface area contributed by atoms with E-state index < -0.39 is 42.3 Å². The Kier molecular flexibility index (Phi) is 15.4. The van der Waals surface area contributed by atoms with E-state index in [9.17, 15) is 41.0 Å². The number of ether oxygens (including phenoxy) is 2. The molecule has 8 N–H and O–H groups in total. The number of nitrogens with zero attached hydrogens (tertiary/aromatic N) is 1. The van der Waals surface area contributed by atoms with Gasteiger partial charge >= 0.3 is 24.3 Å². The molecule has 286 valence electrons. The number of carboxylic acid groups (broad SMARTS) is 2. The molecule has 0 bridgehead atoms. The summed E-state index contributed by atoms with van der Waals surface area (Å²) in [6.45, 7) is 7.47. The van der Waals surface area contributed by atoms with Crippen molar-refractivity contribution in [1.29, 1.82) is 0 Å². The van der Waals surface area contributed by atoms with E-state index in [1.165, 1.54) is 6.20 Å². The molecule has 4 rings (SSSR count). The number of carbonyl (C=O) groups excluding carboxylic acids is 2. The Bertz CT molecular complexity index is 1710. The number of fused-ring (bicyclic) bond motifs is 1. The average molecular weight is 750 g/mol. The highest BCUT2D eigenvalue weighted by molar-refractivity contribution is 6.08. The molecule has 1 aliphatic heterocycles. The van der Waals surface area contributed by atoms with Gasteiger partial charge < -0.3 is 46.5 Å². The van der Waals surface area contributed by atoms with Gasteiger partial charge in [0.1, 0.15) is 0 Å². The number of primary amides is 1. The van der Waals surface area contributed by atoms with Crippen LogP contribution in [0.25, 0.3) is 10.9 Å². The van der Waals surface area contributed by atoms with Gasteiger partial charge in [0.2, 0.25) is 5.91 Å². The maximum absolute atomic E-state index is 12.6. The molecule has 2 atom stereocenters. The second-order valence-electron chi connectivity index (χ2n) is 10.7. The minimum Gasteiger partial charge on any atom is -0.490 e. The van der Waals surface area contributed by atoms with Crippen LogP contribution in [0.15, 0.2) is 36.5 Å². The number of aliphatic hydroxyl groups is 1. The number of pyridine rings is 1. The number of nitrogens with one attached hydrogen (secondary N) is 3. The van der Waals surface area contributed by atoms with Crippen LogP contribution in [0.4, 0.5) is 37.7 Å². The summed E-state index contributed by atoms with van der Waals surface area (Å²) in [4.78, 5) is 47.2. The molecule has 3 aromatic rings. The maximum atomic E-state index is 12.6. The number of aliphatic hydroxyl groups excluding tert-OH is 1. The lowest BCUT2D eigenvalue weighted by atomic mass is 10.0. The molecule has 52 heavy (non-hydrogen) atoms. The first-order chi connectivity index (χ1) is 24.2. The van der Waals surface area contributed by atoms with Crippen LogP contribution < -0.4 is 31.2 Å². The van der Waals surface area contributed by atoms with E-state index in [1.54, 1.807) is 6.07 Å². The largest absolute Gasteiger partial charge is 0.490 e. The van der Waals surface area contributed by atoms with Crippen molar-refractivity contribution in [3.05, 3.63) is 53.2 Å². The molecule has 1 fully saturated rings. The van der Waals surface area contributed by atoms with Gasteiger partial charge in [0.05, 0.1) is 42.1 Å². The lowest BCUT2D eigenvalue weighted by molar-refractivity contribution is -0.193. The van der Waals surface area contributed by atoms with Crippen LogP contribution in [0.3, 0.4) is 0 Å². The van der Waals surface area contributed by atoms with Crippen LogP contribution in [-0.4, -0.2) is 88.3 Å². The van der Waals surface area contributed by atoms with Gasteiger partial charge in [0, 0.05) is 36.4 Å². The Morgan fingerprint density at radius 1 is 0.962 bits per heavy atom. The van der Waals surface area contributed by atoms with Crippen LogP contribution in [0.5, 0.6) is 11.5 Å². The molecule has 0 saturated carbocycles. The summed E-state index contributed by atoms with van der Waals surface area (Å²) in [5.74, 6) is -5.15. The Balaban J connectivity index is 0.000000564. The molecule has 2 aromatic carbocycles. The maximum Gasteiger partial charge on any atom is 0.490 e. The minimum atomic E-state index is -5.08. The zero-order valence-electron chi connectivity index (χ0n) is 27.9. The monoisotopic (exact) mass is 749 g/mol. The van der Waals surface area contributed by atoms with Crippen molar-refractivity contribution >= 4 is 46.0 Å². The van der Waals surface area contributed by atoms with E-state index in [4.69, 9.17) is 35.0 Å². The number of aromatic nitrogens is 1. The second kappa shape index (κ2) is 18.7. The van der Waals surface area contributed by atoms with Crippen molar-refractivity contribution in [2.75, 3.05) is 25.1 Å². The quantitative estimate of drug-likeness (QED) is 0.138. The third-order valence-electron chi connectivity index (χ3n) is 7.05. The van der Waals surface area contributed by atoms with Gasteiger partial charge in [-0.3, -0.25) is 14.6 Å². The second-order valence-corrected chi connectivity index (χ2v) is 10.7. The van der Waals surface area contributed by atoms with Gasteiger partial charge in [-0.2, -0.15) is 26.3 Å². The fourth-order valence-corrected chi connectivity index (χ4v) is 4.75. The average Bonchev–Trinajstić information content (AvgIpc) is 3.50. The number of aliphatic carboxylic acids is 2. The summed E-state index contributed by atoms with van der Waals surface area (Å²) in [6, 6.07) is 8.98. The van der Waals surface area contributed by atoms with Crippen LogP contribution >= 0.6 is 0 Å². The highest BCUT2D eigenvalue weighted by Gasteiger charge is 2.39. The number of alkyl halides is 6. The molecular formula is C32H37F6N5O9. The standard InChI is InChI=1S/C28H35N5O5.2C2HF3O2/c1-4-18-16(13-32-28(36)23-10-17(34)14-30-23)8-7-9-21(18)33-26-19-11-24(37-5-2)25(38-6-3)12-22(19)31-15-20(26)27(29)35;2*3-2(4,5)1(6)7/h7-9,11-12,15,17,23,30,34H,4-6,10,13-14H2,1-3H3,(H2,29,35)(H,31,33)(H,32,36);2*(H,6,7)/t17-,23+;;/m1../s1. The first kappa shape index (κ1) is 42.8. The van der Waals surface area contributed by atoms with Crippen molar-refractivity contribution in [1.82, 2.24) is 15.6 Å². The number of nitrogens with two attached hydrogens (primary N) is 1. The zero-order valence-corrected chi connectivity index (χ0v) is 27.9. The number of benzene rings is 2. The third-order valence-corrected chi connectivity index (χ3v) is 7.05. The predicted octanol–water partition coefficient (Wildman–Crippen LogP) is 4.04. The van der Waals surface area contributed by atoms with E-state index in [0.29, 0.717) is 67.2 Å². The molecule has 1 aliphatic rings.